The van der Waals surface area contributed by atoms with Crippen LogP contribution in [0.25, 0.3) is 0 Å². The van der Waals surface area contributed by atoms with E-state index in [2.05, 4.69) is 27.7 Å². The Morgan fingerprint density at radius 2 is 1.29 bits per heavy atom. The van der Waals surface area contributed by atoms with Crippen LogP contribution in [0.3, 0.4) is 0 Å². The summed E-state index contributed by atoms with van der Waals surface area (Å²) in [5, 5.41) is 0. The molecule has 0 aliphatic carbocycles. The van der Waals surface area contributed by atoms with Crippen molar-refractivity contribution in [2.75, 3.05) is 39.6 Å². The minimum atomic E-state index is -0.0216. The molecule has 4 heteroatoms. The summed E-state index contributed by atoms with van der Waals surface area (Å²) in [5.41, 5.74) is -0.00493. The molecular weight excluding hydrogens is 220 g/mol. The molecule has 0 aromatic carbocycles. The van der Waals surface area contributed by atoms with Gasteiger partial charge in [-0.05, 0) is 13.8 Å². The molecule has 100 valence electrons. The summed E-state index contributed by atoms with van der Waals surface area (Å²) in [4.78, 5) is 0. The van der Waals surface area contributed by atoms with Crippen LogP contribution in [-0.4, -0.2) is 50.8 Å². The first kappa shape index (κ1) is 13.3. The van der Waals surface area contributed by atoms with Gasteiger partial charge in [0.2, 0.25) is 0 Å². The number of hydrogen-bond acceptors (Lipinski definition) is 4. The second-order valence-electron chi connectivity index (χ2n) is 6.63. The third kappa shape index (κ3) is 4.54. The molecule has 2 aliphatic heterocycles. The van der Waals surface area contributed by atoms with Gasteiger partial charge in [0.1, 0.15) is 11.2 Å². The molecule has 2 aliphatic rings. The van der Waals surface area contributed by atoms with Crippen molar-refractivity contribution in [3.63, 3.8) is 0 Å². The summed E-state index contributed by atoms with van der Waals surface area (Å²) in [6, 6.07) is 0. The first-order valence-corrected chi connectivity index (χ1v) is 6.26. The number of epoxide rings is 2. The van der Waals surface area contributed by atoms with E-state index in [1.807, 2.05) is 0 Å². The second kappa shape index (κ2) is 4.50. The van der Waals surface area contributed by atoms with Crippen molar-refractivity contribution in [3.05, 3.63) is 0 Å². The maximum Gasteiger partial charge on any atom is 0.112 e. The van der Waals surface area contributed by atoms with Gasteiger partial charge < -0.3 is 18.9 Å². The van der Waals surface area contributed by atoms with Gasteiger partial charge in [0, 0.05) is 5.41 Å². The van der Waals surface area contributed by atoms with Crippen LogP contribution in [0.1, 0.15) is 27.7 Å². The molecule has 0 aromatic heterocycles. The molecule has 0 amide bonds. The Hall–Kier alpha value is -0.160. The Morgan fingerprint density at radius 1 is 0.941 bits per heavy atom. The van der Waals surface area contributed by atoms with Crippen molar-refractivity contribution in [2.45, 2.75) is 38.9 Å². The lowest BCUT2D eigenvalue weighted by Crippen LogP contribution is -2.30. The van der Waals surface area contributed by atoms with E-state index < -0.39 is 0 Å². The summed E-state index contributed by atoms with van der Waals surface area (Å²) in [5.74, 6) is 0. The lowest BCUT2D eigenvalue weighted by atomic mass is 9.96. The Labute approximate surface area is 104 Å². The molecule has 2 saturated heterocycles. The average Bonchev–Trinajstić information content (AvgIpc) is 3.08. The summed E-state index contributed by atoms with van der Waals surface area (Å²) in [7, 11) is 0. The summed E-state index contributed by atoms with van der Waals surface area (Å²) >= 11 is 0. The van der Waals surface area contributed by atoms with E-state index in [-0.39, 0.29) is 16.6 Å². The van der Waals surface area contributed by atoms with Gasteiger partial charge in [-0.25, -0.2) is 0 Å². The number of hydrogen-bond donors (Lipinski definition) is 0. The molecule has 0 radical (unpaired) electrons. The van der Waals surface area contributed by atoms with Gasteiger partial charge >= 0.3 is 0 Å². The number of rotatable bonds is 8. The van der Waals surface area contributed by atoms with Crippen LogP contribution in [-0.2, 0) is 18.9 Å². The molecule has 0 N–H and O–H groups in total. The highest BCUT2D eigenvalue weighted by Crippen LogP contribution is 2.28. The Balaban J connectivity index is 1.56. The van der Waals surface area contributed by atoms with Gasteiger partial charge in [-0.2, -0.15) is 0 Å². The summed E-state index contributed by atoms with van der Waals surface area (Å²) in [6.45, 7) is 12.8. The minimum Gasteiger partial charge on any atom is -0.378 e. The van der Waals surface area contributed by atoms with Crippen LogP contribution in [0.2, 0.25) is 0 Å². The standard InChI is InChI=1S/C13H24O4/c1-11(2,5-14-7-12(3)9-16-12)6-15-8-13(4)10-17-13/h5-10H2,1-4H3. The monoisotopic (exact) mass is 244 g/mol. The third-order valence-electron chi connectivity index (χ3n) is 3.07. The lowest BCUT2D eigenvalue weighted by Gasteiger charge is -2.25. The van der Waals surface area contributed by atoms with E-state index in [9.17, 15) is 0 Å². The van der Waals surface area contributed by atoms with E-state index in [1.54, 1.807) is 0 Å². The van der Waals surface area contributed by atoms with Crippen LogP contribution in [0.15, 0.2) is 0 Å². The maximum absolute atomic E-state index is 5.69. The second-order valence-corrected chi connectivity index (χ2v) is 6.63. The lowest BCUT2D eigenvalue weighted by molar-refractivity contribution is -0.0250. The normalized spacial score (nSPS) is 36.0. The van der Waals surface area contributed by atoms with Gasteiger partial charge in [-0.3, -0.25) is 0 Å². The molecule has 4 nitrogen and oxygen atoms in total. The number of ether oxygens (including phenoxy) is 4. The van der Waals surface area contributed by atoms with Gasteiger partial charge in [0.15, 0.2) is 0 Å². The van der Waals surface area contributed by atoms with Crippen molar-refractivity contribution in [1.29, 1.82) is 0 Å². The zero-order valence-electron chi connectivity index (χ0n) is 11.4. The SMILES string of the molecule is CC(C)(COCC1(C)CO1)COCC1(C)CO1. The topological polar surface area (TPSA) is 43.5 Å². The molecule has 2 unspecified atom stereocenters. The van der Waals surface area contributed by atoms with E-state index >= 15 is 0 Å². The van der Waals surface area contributed by atoms with Crippen LogP contribution in [0, 0.1) is 5.41 Å². The largest absolute Gasteiger partial charge is 0.378 e. The van der Waals surface area contributed by atoms with Crippen molar-refractivity contribution in [1.82, 2.24) is 0 Å². The summed E-state index contributed by atoms with van der Waals surface area (Å²) < 4.78 is 21.9. The fourth-order valence-electron chi connectivity index (χ4n) is 1.54. The molecule has 2 fully saturated rings. The fraction of sp³-hybridized carbons (Fsp3) is 1.00. The van der Waals surface area contributed by atoms with Crippen molar-refractivity contribution < 1.29 is 18.9 Å². The van der Waals surface area contributed by atoms with Crippen LogP contribution in [0.5, 0.6) is 0 Å². The molecule has 0 bridgehead atoms. The zero-order chi connectivity index (χ0) is 12.6. The predicted molar refractivity (Wildman–Crippen MR) is 64.1 cm³/mol. The minimum absolute atomic E-state index is 0.0216. The van der Waals surface area contributed by atoms with Crippen molar-refractivity contribution >= 4 is 0 Å². The Kier molecular flexibility index (Phi) is 3.51. The average molecular weight is 244 g/mol. The summed E-state index contributed by atoms with van der Waals surface area (Å²) in [6.07, 6.45) is 0. The highest BCUT2D eigenvalue weighted by atomic mass is 16.6. The van der Waals surface area contributed by atoms with Crippen molar-refractivity contribution in [2.24, 2.45) is 5.41 Å². The van der Waals surface area contributed by atoms with Crippen LogP contribution in [0.4, 0.5) is 0 Å². The van der Waals surface area contributed by atoms with Crippen LogP contribution < -0.4 is 0 Å². The van der Waals surface area contributed by atoms with E-state index in [0.717, 1.165) is 13.2 Å². The first-order chi connectivity index (χ1) is 7.83. The molecule has 17 heavy (non-hydrogen) atoms. The van der Waals surface area contributed by atoms with Gasteiger partial charge in [-0.1, -0.05) is 13.8 Å². The van der Waals surface area contributed by atoms with E-state index in [1.165, 1.54) is 0 Å². The van der Waals surface area contributed by atoms with Crippen LogP contribution >= 0.6 is 0 Å². The van der Waals surface area contributed by atoms with Gasteiger partial charge in [0.05, 0.1) is 39.6 Å². The highest BCUT2D eigenvalue weighted by Gasteiger charge is 2.41. The molecule has 2 heterocycles. The Bertz CT molecular complexity index is 241. The molecule has 0 saturated carbocycles. The van der Waals surface area contributed by atoms with Crippen molar-refractivity contribution in [3.8, 4) is 0 Å². The van der Waals surface area contributed by atoms with E-state index in [0.29, 0.717) is 26.4 Å². The van der Waals surface area contributed by atoms with Gasteiger partial charge in [-0.15, -0.1) is 0 Å². The predicted octanol–water partition coefficient (Wildman–Crippen LogP) is 1.62. The Morgan fingerprint density at radius 3 is 1.59 bits per heavy atom. The van der Waals surface area contributed by atoms with E-state index in [4.69, 9.17) is 18.9 Å². The molecule has 2 atom stereocenters. The molecule has 2 rings (SSSR count). The van der Waals surface area contributed by atoms with Gasteiger partial charge in [0.25, 0.3) is 0 Å². The maximum atomic E-state index is 5.69. The highest BCUT2D eigenvalue weighted by molar-refractivity contribution is 4.87. The molecule has 0 spiro atoms. The molecule has 0 aromatic rings. The molecular formula is C13H24O4. The quantitative estimate of drug-likeness (QED) is 0.609. The zero-order valence-corrected chi connectivity index (χ0v) is 11.4. The smallest absolute Gasteiger partial charge is 0.112 e. The first-order valence-electron chi connectivity index (χ1n) is 6.26. The third-order valence-corrected chi connectivity index (χ3v) is 3.07. The fourth-order valence-corrected chi connectivity index (χ4v) is 1.54.